The molecule has 0 aliphatic carbocycles. The van der Waals surface area contributed by atoms with Crippen molar-refractivity contribution in [3.8, 4) is 0 Å². The molecule has 20 heavy (non-hydrogen) atoms. The molecule has 3 rings (SSSR count). The van der Waals surface area contributed by atoms with Gasteiger partial charge in [-0.05, 0) is 43.5 Å². The first-order chi connectivity index (χ1) is 9.66. The molecule has 102 valence electrons. The highest BCUT2D eigenvalue weighted by atomic mass is 16.2. The third-order valence-corrected chi connectivity index (χ3v) is 3.73. The third kappa shape index (κ3) is 2.13. The second-order valence-electron chi connectivity index (χ2n) is 5.14. The number of para-hydroxylation sites is 1. The number of nitrogens with two attached hydrogens (primary N) is 1. The Labute approximate surface area is 118 Å². The Kier molecular flexibility index (Phi) is 3.14. The molecule has 1 atom stereocenters. The summed E-state index contributed by atoms with van der Waals surface area (Å²) < 4.78 is 0. The van der Waals surface area contributed by atoms with Crippen LogP contribution in [0.1, 0.15) is 29.4 Å². The number of nitrogens with zero attached hydrogens (tertiary/aromatic N) is 2. The first-order valence-corrected chi connectivity index (χ1v) is 6.81. The zero-order valence-corrected chi connectivity index (χ0v) is 11.4. The van der Waals surface area contributed by atoms with Crippen molar-refractivity contribution in [3.63, 3.8) is 0 Å². The Morgan fingerprint density at radius 3 is 2.85 bits per heavy atom. The molecule has 1 unspecified atom stereocenters. The van der Waals surface area contributed by atoms with Crippen LogP contribution in [0.25, 0.3) is 0 Å². The standard InChI is InChI=1S/C16H17N3O/c1-11-9-10-12-5-2-3-7-14(12)19(11)16(20)13-6-4-8-15(17)18-13/h2-8,11H,9-10H2,1H3,(H2,17,18). The smallest absolute Gasteiger partial charge is 0.277 e. The maximum Gasteiger partial charge on any atom is 0.277 e. The van der Waals surface area contributed by atoms with Gasteiger partial charge in [-0.1, -0.05) is 24.3 Å². The van der Waals surface area contributed by atoms with E-state index in [1.165, 1.54) is 5.56 Å². The van der Waals surface area contributed by atoms with Gasteiger partial charge in [0.25, 0.3) is 5.91 Å². The van der Waals surface area contributed by atoms with Crippen LogP contribution < -0.4 is 10.6 Å². The largest absolute Gasteiger partial charge is 0.384 e. The minimum atomic E-state index is -0.0862. The van der Waals surface area contributed by atoms with Crippen LogP contribution in [0, 0.1) is 0 Å². The molecule has 2 aromatic rings. The molecule has 0 saturated heterocycles. The van der Waals surface area contributed by atoms with Gasteiger partial charge in [-0.3, -0.25) is 4.79 Å². The first-order valence-electron chi connectivity index (χ1n) is 6.81. The fourth-order valence-electron chi connectivity index (χ4n) is 2.69. The van der Waals surface area contributed by atoms with Gasteiger partial charge in [-0.2, -0.15) is 0 Å². The van der Waals surface area contributed by atoms with E-state index in [4.69, 9.17) is 5.73 Å². The number of aryl methyl sites for hydroxylation is 1. The predicted octanol–water partition coefficient (Wildman–Crippen LogP) is 2.65. The van der Waals surface area contributed by atoms with Crippen LogP contribution in [-0.4, -0.2) is 16.9 Å². The summed E-state index contributed by atoms with van der Waals surface area (Å²) in [6.45, 7) is 2.07. The van der Waals surface area contributed by atoms with E-state index in [1.807, 2.05) is 23.1 Å². The number of amides is 1. The summed E-state index contributed by atoms with van der Waals surface area (Å²) in [7, 11) is 0. The molecule has 1 amide bonds. The van der Waals surface area contributed by atoms with Gasteiger partial charge < -0.3 is 10.6 Å². The Hall–Kier alpha value is -2.36. The van der Waals surface area contributed by atoms with E-state index >= 15 is 0 Å². The summed E-state index contributed by atoms with van der Waals surface area (Å²) in [6.07, 6.45) is 1.97. The molecule has 0 fully saturated rings. The van der Waals surface area contributed by atoms with Crippen LogP contribution in [0.3, 0.4) is 0 Å². The van der Waals surface area contributed by atoms with E-state index in [9.17, 15) is 4.79 Å². The van der Waals surface area contributed by atoms with Crippen molar-refractivity contribution >= 4 is 17.4 Å². The minimum Gasteiger partial charge on any atom is -0.384 e. The molecule has 2 heterocycles. The molecule has 4 nitrogen and oxygen atoms in total. The van der Waals surface area contributed by atoms with Crippen LogP contribution in [0.2, 0.25) is 0 Å². The van der Waals surface area contributed by atoms with E-state index in [0.717, 1.165) is 18.5 Å². The molecule has 1 aliphatic rings. The SMILES string of the molecule is CC1CCc2ccccc2N1C(=O)c1cccc(N)n1. The van der Waals surface area contributed by atoms with E-state index in [1.54, 1.807) is 18.2 Å². The van der Waals surface area contributed by atoms with Crippen molar-refractivity contribution in [3.05, 3.63) is 53.7 Å². The Balaban J connectivity index is 2.03. The summed E-state index contributed by atoms with van der Waals surface area (Å²) in [4.78, 5) is 18.7. The highest BCUT2D eigenvalue weighted by molar-refractivity contribution is 6.06. The summed E-state index contributed by atoms with van der Waals surface area (Å²) in [5, 5.41) is 0. The minimum absolute atomic E-state index is 0.0862. The number of nitrogen functional groups attached to an aromatic ring is 1. The summed E-state index contributed by atoms with van der Waals surface area (Å²) in [5.41, 5.74) is 8.27. The summed E-state index contributed by atoms with van der Waals surface area (Å²) in [5.74, 6) is 0.283. The molecule has 0 saturated carbocycles. The third-order valence-electron chi connectivity index (χ3n) is 3.73. The van der Waals surface area contributed by atoms with Crippen LogP contribution in [0.15, 0.2) is 42.5 Å². The number of benzene rings is 1. The Morgan fingerprint density at radius 1 is 1.25 bits per heavy atom. The molecular formula is C16H17N3O. The van der Waals surface area contributed by atoms with Gasteiger partial charge >= 0.3 is 0 Å². The van der Waals surface area contributed by atoms with Gasteiger partial charge in [0.05, 0.1) is 0 Å². The first kappa shape index (κ1) is 12.7. The Morgan fingerprint density at radius 2 is 2.05 bits per heavy atom. The van der Waals surface area contributed by atoms with E-state index < -0.39 is 0 Å². The van der Waals surface area contributed by atoms with Crippen molar-refractivity contribution in [2.75, 3.05) is 10.6 Å². The number of hydrogen-bond donors (Lipinski definition) is 1. The molecular weight excluding hydrogens is 250 g/mol. The van der Waals surface area contributed by atoms with Crippen molar-refractivity contribution in [2.45, 2.75) is 25.8 Å². The number of pyridine rings is 1. The highest BCUT2D eigenvalue weighted by Gasteiger charge is 2.29. The highest BCUT2D eigenvalue weighted by Crippen LogP contribution is 2.31. The van der Waals surface area contributed by atoms with Crippen molar-refractivity contribution in [2.24, 2.45) is 0 Å². The maximum absolute atomic E-state index is 12.7. The number of aromatic nitrogens is 1. The lowest BCUT2D eigenvalue weighted by Gasteiger charge is -2.35. The average Bonchev–Trinajstić information content (AvgIpc) is 2.46. The summed E-state index contributed by atoms with van der Waals surface area (Å²) in [6, 6.07) is 13.4. The van der Waals surface area contributed by atoms with Crippen LogP contribution in [0.5, 0.6) is 0 Å². The molecule has 1 aromatic heterocycles. The van der Waals surface area contributed by atoms with Gasteiger partial charge in [-0.25, -0.2) is 4.98 Å². The molecule has 0 radical (unpaired) electrons. The number of hydrogen-bond acceptors (Lipinski definition) is 3. The quantitative estimate of drug-likeness (QED) is 0.864. The van der Waals surface area contributed by atoms with Crippen molar-refractivity contribution < 1.29 is 4.79 Å². The van der Waals surface area contributed by atoms with Crippen molar-refractivity contribution in [1.82, 2.24) is 4.98 Å². The number of rotatable bonds is 1. The molecule has 1 aliphatic heterocycles. The second-order valence-corrected chi connectivity index (χ2v) is 5.14. The van der Waals surface area contributed by atoms with E-state index in [0.29, 0.717) is 11.5 Å². The van der Waals surface area contributed by atoms with E-state index in [2.05, 4.69) is 18.0 Å². The lowest BCUT2D eigenvalue weighted by Crippen LogP contribution is -2.42. The second kappa shape index (κ2) is 4.96. The molecule has 0 spiro atoms. The van der Waals surface area contributed by atoms with Gasteiger partial charge in [0, 0.05) is 11.7 Å². The summed E-state index contributed by atoms with van der Waals surface area (Å²) >= 11 is 0. The molecule has 4 heteroatoms. The number of carbonyl (C=O) groups is 1. The van der Waals surface area contributed by atoms with Gasteiger partial charge in [0.1, 0.15) is 11.5 Å². The molecule has 0 bridgehead atoms. The number of anilines is 2. The number of carbonyl (C=O) groups excluding carboxylic acids is 1. The van der Waals surface area contributed by atoms with Gasteiger partial charge in [0.2, 0.25) is 0 Å². The molecule has 1 aromatic carbocycles. The predicted molar refractivity (Wildman–Crippen MR) is 79.7 cm³/mol. The fourth-order valence-corrected chi connectivity index (χ4v) is 2.69. The average molecular weight is 267 g/mol. The van der Waals surface area contributed by atoms with Crippen LogP contribution >= 0.6 is 0 Å². The lowest BCUT2D eigenvalue weighted by atomic mass is 9.96. The zero-order chi connectivity index (χ0) is 14.1. The van der Waals surface area contributed by atoms with E-state index in [-0.39, 0.29) is 11.9 Å². The van der Waals surface area contributed by atoms with Crippen LogP contribution in [0.4, 0.5) is 11.5 Å². The van der Waals surface area contributed by atoms with Crippen LogP contribution in [-0.2, 0) is 6.42 Å². The van der Waals surface area contributed by atoms with Gasteiger partial charge in [0.15, 0.2) is 0 Å². The normalized spacial score (nSPS) is 17.6. The maximum atomic E-state index is 12.7. The zero-order valence-electron chi connectivity index (χ0n) is 11.4. The Bertz CT molecular complexity index is 654. The molecule has 2 N–H and O–H groups in total. The van der Waals surface area contributed by atoms with Crippen molar-refractivity contribution in [1.29, 1.82) is 0 Å². The lowest BCUT2D eigenvalue weighted by molar-refractivity contribution is 0.0970. The topological polar surface area (TPSA) is 59.2 Å². The number of fused-ring (bicyclic) bond motifs is 1. The monoisotopic (exact) mass is 267 g/mol. The van der Waals surface area contributed by atoms with Gasteiger partial charge in [-0.15, -0.1) is 0 Å². The fraction of sp³-hybridized carbons (Fsp3) is 0.250.